The molecule has 5 heteroatoms. The van der Waals surface area contributed by atoms with Crippen molar-refractivity contribution in [3.05, 3.63) is 0 Å². The number of hydrogen-bond donors (Lipinski definition) is 3. The van der Waals surface area contributed by atoms with Crippen molar-refractivity contribution in [2.75, 3.05) is 19.7 Å². The third-order valence-electron chi connectivity index (χ3n) is 2.20. The Kier molecular flexibility index (Phi) is 7.54. The second-order valence-electron chi connectivity index (χ2n) is 5.04. The molecule has 0 heterocycles. The van der Waals surface area contributed by atoms with Gasteiger partial charge in [0.15, 0.2) is 0 Å². The Labute approximate surface area is 103 Å². The minimum absolute atomic E-state index is 0.00168. The van der Waals surface area contributed by atoms with Crippen LogP contribution in [0.1, 0.15) is 40.0 Å². The summed E-state index contributed by atoms with van der Waals surface area (Å²) in [6.07, 6.45) is 1.61. The maximum atomic E-state index is 11.5. The molecule has 17 heavy (non-hydrogen) atoms. The Hall–Kier alpha value is -1.10. The van der Waals surface area contributed by atoms with Crippen molar-refractivity contribution in [2.45, 2.75) is 40.0 Å². The van der Waals surface area contributed by atoms with E-state index in [0.29, 0.717) is 32.4 Å². The summed E-state index contributed by atoms with van der Waals surface area (Å²) in [5.41, 5.74) is -0.386. The lowest BCUT2D eigenvalue weighted by Crippen LogP contribution is -2.35. The van der Waals surface area contributed by atoms with E-state index in [1.807, 2.05) is 20.8 Å². The van der Waals surface area contributed by atoms with Crippen LogP contribution in [0.4, 0.5) is 0 Å². The third-order valence-corrected chi connectivity index (χ3v) is 2.20. The minimum atomic E-state index is -0.386. The van der Waals surface area contributed by atoms with E-state index in [1.54, 1.807) is 0 Å². The van der Waals surface area contributed by atoms with E-state index in [-0.39, 0.29) is 23.8 Å². The average Bonchev–Trinajstić information content (AvgIpc) is 2.23. The molecule has 3 N–H and O–H groups in total. The van der Waals surface area contributed by atoms with Gasteiger partial charge in [-0.15, -0.1) is 0 Å². The first-order chi connectivity index (χ1) is 7.88. The van der Waals surface area contributed by atoms with E-state index in [2.05, 4.69) is 10.6 Å². The van der Waals surface area contributed by atoms with Crippen molar-refractivity contribution >= 4 is 11.8 Å². The smallest absolute Gasteiger partial charge is 0.225 e. The molecule has 0 saturated heterocycles. The number of hydrogen-bond acceptors (Lipinski definition) is 3. The molecule has 0 atom stereocenters. The molecular weight excluding hydrogens is 220 g/mol. The van der Waals surface area contributed by atoms with Gasteiger partial charge in [0.1, 0.15) is 0 Å². The average molecular weight is 244 g/mol. The molecule has 100 valence electrons. The van der Waals surface area contributed by atoms with E-state index in [1.165, 1.54) is 0 Å². The number of nitrogens with one attached hydrogen (secondary N) is 2. The normalized spacial score (nSPS) is 11.1. The van der Waals surface area contributed by atoms with Crippen LogP contribution >= 0.6 is 0 Å². The van der Waals surface area contributed by atoms with Crippen molar-refractivity contribution in [1.29, 1.82) is 0 Å². The van der Waals surface area contributed by atoms with Crippen LogP contribution < -0.4 is 10.6 Å². The van der Waals surface area contributed by atoms with Gasteiger partial charge in [-0.3, -0.25) is 9.59 Å². The zero-order valence-corrected chi connectivity index (χ0v) is 11.0. The maximum absolute atomic E-state index is 11.5. The van der Waals surface area contributed by atoms with Crippen LogP contribution in [0.2, 0.25) is 0 Å². The predicted molar refractivity (Wildman–Crippen MR) is 66.4 cm³/mol. The Balaban J connectivity index is 3.51. The quantitative estimate of drug-likeness (QED) is 0.568. The SMILES string of the molecule is CC(C)(C)C(=O)NCCCC(=O)NCCCO. The topological polar surface area (TPSA) is 78.4 Å². The zero-order chi connectivity index (χ0) is 13.3. The van der Waals surface area contributed by atoms with Gasteiger partial charge < -0.3 is 15.7 Å². The van der Waals surface area contributed by atoms with Gasteiger partial charge >= 0.3 is 0 Å². The number of aliphatic hydroxyl groups excluding tert-OH is 1. The van der Waals surface area contributed by atoms with Gasteiger partial charge in [0.25, 0.3) is 0 Å². The fourth-order valence-electron chi connectivity index (χ4n) is 1.11. The molecule has 0 aliphatic rings. The number of amides is 2. The predicted octanol–water partition coefficient (Wildman–Crippen LogP) is 0.428. The zero-order valence-electron chi connectivity index (χ0n) is 11.0. The van der Waals surface area contributed by atoms with E-state index >= 15 is 0 Å². The molecule has 0 aromatic carbocycles. The molecule has 2 amide bonds. The summed E-state index contributed by atoms with van der Waals surface area (Å²) in [5, 5.41) is 14.0. The summed E-state index contributed by atoms with van der Waals surface area (Å²) in [4.78, 5) is 22.7. The van der Waals surface area contributed by atoms with E-state index in [9.17, 15) is 9.59 Å². The Morgan fingerprint density at radius 2 is 1.65 bits per heavy atom. The number of rotatable bonds is 7. The fourth-order valence-corrected chi connectivity index (χ4v) is 1.11. The molecule has 0 saturated carbocycles. The van der Waals surface area contributed by atoms with E-state index < -0.39 is 0 Å². The Morgan fingerprint density at radius 3 is 2.18 bits per heavy atom. The largest absolute Gasteiger partial charge is 0.396 e. The molecule has 0 radical (unpaired) electrons. The molecule has 0 unspecified atom stereocenters. The van der Waals surface area contributed by atoms with Gasteiger partial charge in [0.05, 0.1) is 0 Å². The molecule has 0 aliphatic carbocycles. The van der Waals surface area contributed by atoms with Crippen molar-refractivity contribution in [2.24, 2.45) is 5.41 Å². The van der Waals surface area contributed by atoms with E-state index in [4.69, 9.17) is 5.11 Å². The summed E-state index contributed by atoms with van der Waals surface area (Å²) in [5.74, 6) is -0.0401. The summed E-state index contributed by atoms with van der Waals surface area (Å²) in [7, 11) is 0. The molecule has 0 rings (SSSR count). The van der Waals surface area contributed by atoms with E-state index in [0.717, 1.165) is 0 Å². The van der Waals surface area contributed by atoms with Crippen LogP contribution in [0.15, 0.2) is 0 Å². The lowest BCUT2D eigenvalue weighted by Gasteiger charge is -2.17. The number of carbonyl (C=O) groups excluding carboxylic acids is 2. The standard InChI is InChI=1S/C12H24N2O3/c1-12(2,3)11(17)14-7-4-6-10(16)13-8-5-9-15/h15H,4-9H2,1-3H3,(H,13,16)(H,14,17). The van der Waals surface area contributed by atoms with Gasteiger partial charge in [-0.2, -0.15) is 0 Å². The van der Waals surface area contributed by atoms with Crippen LogP contribution in [-0.2, 0) is 9.59 Å². The molecule has 5 nitrogen and oxygen atoms in total. The molecule has 0 spiro atoms. The van der Waals surface area contributed by atoms with Gasteiger partial charge in [-0.1, -0.05) is 20.8 Å². The van der Waals surface area contributed by atoms with Crippen LogP contribution in [0.25, 0.3) is 0 Å². The van der Waals surface area contributed by atoms with Gasteiger partial charge in [0, 0.05) is 31.5 Å². The molecule has 0 aromatic rings. The molecule has 0 aromatic heterocycles. The first kappa shape index (κ1) is 15.9. The highest BCUT2D eigenvalue weighted by Crippen LogP contribution is 2.12. The highest BCUT2D eigenvalue weighted by atomic mass is 16.3. The Morgan fingerprint density at radius 1 is 1.06 bits per heavy atom. The van der Waals surface area contributed by atoms with Gasteiger partial charge in [-0.05, 0) is 12.8 Å². The maximum Gasteiger partial charge on any atom is 0.225 e. The Bertz CT molecular complexity index is 247. The lowest BCUT2D eigenvalue weighted by atomic mass is 9.96. The third kappa shape index (κ3) is 8.68. The lowest BCUT2D eigenvalue weighted by molar-refractivity contribution is -0.128. The van der Waals surface area contributed by atoms with Crippen LogP contribution in [0.3, 0.4) is 0 Å². The summed E-state index contributed by atoms with van der Waals surface area (Å²) in [6.45, 7) is 6.66. The summed E-state index contributed by atoms with van der Waals surface area (Å²) in [6, 6.07) is 0. The van der Waals surface area contributed by atoms with Gasteiger partial charge in [-0.25, -0.2) is 0 Å². The van der Waals surface area contributed by atoms with Crippen LogP contribution in [-0.4, -0.2) is 36.6 Å². The first-order valence-electron chi connectivity index (χ1n) is 6.04. The highest BCUT2D eigenvalue weighted by Gasteiger charge is 2.20. The summed E-state index contributed by atoms with van der Waals surface area (Å²) >= 11 is 0. The number of carbonyl (C=O) groups is 2. The molecule has 0 aliphatic heterocycles. The second kappa shape index (κ2) is 8.06. The van der Waals surface area contributed by atoms with Crippen molar-refractivity contribution in [1.82, 2.24) is 10.6 Å². The number of aliphatic hydroxyl groups is 1. The van der Waals surface area contributed by atoms with Crippen molar-refractivity contribution in [3.8, 4) is 0 Å². The second-order valence-corrected chi connectivity index (χ2v) is 5.04. The van der Waals surface area contributed by atoms with Crippen LogP contribution in [0, 0.1) is 5.41 Å². The van der Waals surface area contributed by atoms with Crippen molar-refractivity contribution in [3.63, 3.8) is 0 Å². The molecular formula is C12H24N2O3. The molecule has 0 bridgehead atoms. The highest BCUT2D eigenvalue weighted by molar-refractivity contribution is 5.81. The van der Waals surface area contributed by atoms with Crippen molar-refractivity contribution < 1.29 is 14.7 Å². The minimum Gasteiger partial charge on any atom is -0.396 e. The summed E-state index contributed by atoms with van der Waals surface area (Å²) < 4.78 is 0. The monoisotopic (exact) mass is 244 g/mol. The first-order valence-corrected chi connectivity index (χ1v) is 6.04. The van der Waals surface area contributed by atoms with Gasteiger partial charge in [0.2, 0.25) is 11.8 Å². The fraction of sp³-hybridized carbons (Fsp3) is 0.833. The molecule has 0 fully saturated rings. The van der Waals surface area contributed by atoms with Crippen LogP contribution in [0.5, 0.6) is 0 Å².